The van der Waals surface area contributed by atoms with Crippen LogP contribution in [-0.2, 0) is 4.79 Å². The minimum Gasteiger partial charge on any atom is -0.426 e. The fraction of sp³-hybridized carbons (Fsp3) is 0.435. The van der Waals surface area contributed by atoms with Crippen LogP contribution in [0.15, 0.2) is 42.5 Å². The smallest absolute Gasteiger partial charge is 0.311 e. The molecule has 0 saturated heterocycles. The second-order valence-electron chi connectivity index (χ2n) is 7.96. The number of esters is 1. The summed E-state index contributed by atoms with van der Waals surface area (Å²) in [6.45, 7) is 4.10. The molecular formula is C23H26O2. The molecule has 2 aliphatic rings. The minimum absolute atomic E-state index is 0.0660. The summed E-state index contributed by atoms with van der Waals surface area (Å²) in [6.07, 6.45) is 5.83. The Bertz CT molecular complexity index is 775. The third-order valence-electron chi connectivity index (χ3n) is 6.10. The van der Waals surface area contributed by atoms with Crippen molar-refractivity contribution in [3.8, 4) is 16.9 Å². The van der Waals surface area contributed by atoms with E-state index in [9.17, 15) is 4.79 Å². The summed E-state index contributed by atoms with van der Waals surface area (Å²) >= 11 is 0. The third-order valence-corrected chi connectivity index (χ3v) is 6.10. The lowest BCUT2D eigenvalue weighted by Crippen LogP contribution is -2.19. The van der Waals surface area contributed by atoms with Crippen molar-refractivity contribution in [3.05, 3.63) is 53.6 Å². The van der Waals surface area contributed by atoms with Gasteiger partial charge in [0.1, 0.15) is 5.75 Å². The number of ether oxygens (including phenoxy) is 1. The van der Waals surface area contributed by atoms with Crippen molar-refractivity contribution in [1.29, 1.82) is 0 Å². The van der Waals surface area contributed by atoms with E-state index in [1.807, 2.05) is 19.1 Å². The summed E-state index contributed by atoms with van der Waals surface area (Å²) < 4.78 is 5.69. The lowest BCUT2D eigenvalue weighted by Gasteiger charge is -2.20. The monoisotopic (exact) mass is 334 g/mol. The first kappa shape index (κ1) is 16.4. The molecule has 4 rings (SSSR count). The van der Waals surface area contributed by atoms with Gasteiger partial charge in [0, 0.05) is 6.42 Å². The average Bonchev–Trinajstić information content (AvgIpc) is 3.20. The van der Waals surface area contributed by atoms with Gasteiger partial charge in [0.05, 0.1) is 0 Å². The van der Waals surface area contributed by atoms with Crippen LogP contribution in [0, 0.1) is 31.6 Å². The molecule has 2 bridgehead atoms. The van der Waals surface area contributed by atoms with E-state index in [2.05, 4.69) is 37.3 Å². The van der Waals surface area contributed by atoms with Gasteiger partial charge in [-0.2, -0.15) is 0 Å². The first-order chi connectivity index (χ1) is 12.1. The van der Waals surface area contributed by atoms with Crippen LogP contribution in [0.4, 0.5) is 0 Å². The van der Waals surface area contributed by atoms with E-state index in [4.69, 9.17) is 4.74 Å². The lowest BCUT2D eigenvalue weighted by molar-refractivity contribution is -0.135. The second-order valence-corrected chi connectivity index (χ2v) is 7.96. The van der Waals surface area contributed by atoms with Gasteiger partial charge in [-0.05, 0) is 79.7 Å². The highest BCUT2D eigenvalue weighted by molar-refractivity contribution is 5.74. The summed E-state index contributed by atoms with van der Waals surface area (Å²) in [6, 6.07) is 14.6. The molecule has 2 aliphatic carbocycles. The van der Waals surface area contributed by atoms with Crippen molar-refractivity contribution < 1.29 is 9.53 Å². The summed E-state index contributed by atoms with van der Waals surface area (Å²) in [4.78, 5) is 12.4. The van der Waals surface area contributed by atoms with Crippen LogP contribution in [0.3, 0.4) is 0 Å². The van der Waals surface area contributed by atoms with E-state index in [-0.39, 0.29) is 5.97 Å². The fourth-order valence-electron chi connectivity index (χ4n) is 4.69. The predicted octanol–water partition coefficient (Wildman–Crippen LogP) is 5.70. The summed E-state index contributed by atoms with van der Waals surface area (Å²) in [5.41, 5.74) is 4.62. The Morgan fingerprint density at radius 1 is 1.00 bits per heavy atom. The molecule has 0 heterocycles. The molecule has 2 heteroatoms. The Morgan fingerprint density at radius 3 is 2.40 bits per heavy atom. The van der Waals surface area contributed by atoms with E-state index in [0.717, 1.165) is 23.0 Å². The predicted molar refractivity (Wildman–Crippen MR) is 101 cm³/mol. The highest BCUT2D eigenvalue weighted by atomic mass is 16.5. The molecule has 2 saturated carbocycles. The summed E-state index contributed by atoms with van der Waals surface area (Å²) in [5, 5.41) is 0. The Morgan fingerprint density at radius 2 is 1.76 bits per heavy atom. The van der Waals surface area contributed by atoms with E-state index in [1.54, 1.807) is 0 Å². The van der Waals surface area contributed by atoms with Crippen LogP contribution in [0.5, 0.6) is 5.75 Å². The lowest BCUT2D eigenvalue weighted by atomic mass is 9.86. The maximum Gasteiger partial charge on any atom is 0.311 e. The van der Waals surface area contributed by atoms with Crippen molar-refractivity contribution >= 4 is 5.97 Å². The molecule has 130 valence electrons. The van der Waals surface area contributed by atoms with E-state index >= 15 is 0 Å². The van der Waals surface area contributed by atoms with Gasteiger partial charge in [-0.1, -0.05) is 42.3 Å². The quantitative estimate of drug-likeness (QED) is 0.529. The first-order valence-corrected chi connectivity index (χ1v) is 9.47. The molecule has 3 atom stereocenters. The molecule has 25 heavy (non-hydrogen) atoms. The zero-order valence-electron chi connectivity index (χ0n) is 15.1. The zero-order valence-corrected chi connectivity index (χ0v) is 15.1. The largest absolute Gasteiger partial charge is 0.426 e. The number of hydrogen-bond donors (Lipinski definition) is 0. The number of benzene rings is 2. The van der Waals surface area contributed by atoms with Crippen LogP contribution < -0.4 is 4.74 Å². The van der Waals surface area contributed by atoms with Crippen molar-refractivity contribution in [3.63, 3.8) is 0 Å². The number of hydrogen-bond acceptors (Lipinski definition) is 2. The van der Waals surface area contributed by atoms with Crippen LogP contribution in [0.2, 0.25) is 0 Å². The van der Waals surface area contributed by atoms with E-state index in [0.29, 0.717) is 18.1 Å². The number of carbonyl (C=O) groups excluding carboxylic acids is 1. The van der Waals surface area contributed by atoms with Crippen molar-refractivity contribution in [2.75, 3.05) is 0 Å². The highest BCUT2D eigenvalue weighted by Gasteiger charge is 2.40. The SMILES string of the molecule is Cc1ccc(-c2ccc(OC(=O)C[C@@H]3C[C@H]4CC[C@@H]3C4)c(C)c2)cc1. The van der Waals surface area contributed by atoms with Crippen molar-refractivity contribution in [2.45, 2.75) is 46.0 Å². The molecule has 0 radical (unpaired) electrons. The molecule has 0 aromatic heterocycles. The van der Waals surface area contributed by atoms with Crippen LogP contribution in [0.1, 0.15) is 43.2 Å². The summed E-state index contributed by atoms with van der Waals surface area (Å²) in [7, 11) is 0. The van der Waals surface area contributed by atoms with Gasteiger partial charge in [0.15, 0.2) is 0 Å². The molecule has 0 spiro atoms. The van der Waals surface area contributed by atoms with Gasteiger partial charge in [0.25, 0.3) is 0 Å². The van der Waals surface area contributed by atoms with Crippen molar-refractivity contribution in [2.24, 2.45) is 17.8 Å². The molecule has 2 fully saturated rings. The van der Waals surface area contributed by atoms with E-state index in [1.165, 1.54) is 36.8 Å². The summed E-state index contributed by atoms with van der Waals surface area (Å²) in [5.74, 6) is 2.83. The maximum atomic E-state index is 12.4. The molecule has 2 aromatic carbocycles. The Balaban J connectivity index is 1.42. The van der Waals surface area contributed by atoms with Crippen LogP contribution in [-0.4, -0.2) is 5.97 Å². The molecule has 0 unspecified atom stereocenters. The van der Waals surface area contributed by atoms with Crippen molar-refractivity contribution in [1.82, 2.24) is 0 Å². The number of fused-ring (bicyclic) bond motifs is 2. The Hall–Kier alpha value is -2.09. The molecule has 0 amide bonds. The fourth-order valence-corrected chi connectivity index (χ4v) is 4.69. The zero-order chi connectivity index (χ0) is 17.4. The standard InChI is InChI=1S/C23H26O2/c1-15-3-6-18(7-4-15)19-9-10-22(16(2)11-19)25-23(24)14-21-13-17-5-8-20(21)12-17/h3-4,6-7,9-11,17,20-21H,5,8,12-14H2,1-2H3/t17-,20+,21-/m0/s1. The van der Waals surface area contributed by atoms with Gasteiger partial charge in [-0.15, -0.1) is 0 Å². The first-order valence-electron chi connectivity index (χ1n) is 9.47. The normalized spacial score (nSPS) is 24.5. The molecule has 0 aliphatic heterocycles. The number of rotatable bonds is 4. The number of carbonyl (C=O) groups is 1. The molecule has 2 aromatic rings. The van der Waals surface area contributed by atoms with E-state index < -0.39 is 0 Å². The molecule has 2 nitrogen and oxygen atoms in total. The van der Waals surface area contributed by atoms with Gasteiger partial charge in [0.2, 0.25) is 0 Å². The van der Waals surface area contributed by atoms with Gasteiger partial charge in [-0.3, -0.25) is 4.79 Å². The Labute approximate surface area is 150 Å². The van der Waals surface area contributed by atoms with Gasteiger partial charge >= 0.3 is 5.97 Å². The molecule has 0 N–H and O–H groups in total. The maximum absolute atomic E-state index is 12.4. The average molecular weight is 334 g/mol. The van der Waals surface area contributed by atoms with Crippen LogP contribution >= 0.6 is 0 Å². The second kappa shape index (κ2) is 6.67. The number of aryl methyl sites for hydroxylation is 2. The van der Waals surface area contributed by atoms with Gasteiger partial charge in [-0.25, -0.2) is 0 Å². The van der Waals surface area contributed by atoms with Gasteiger partial charge < -0.3 is 4.74 Å². The third kappa shape index (κ3) is 3.49. The highest BCUT2D eigenvalue weighted by Crippen LogP contribution is 2.49. The van der Waals surface area contributed by atoms with Crippen LogP contribution in [0.25, 0.3) is 11.1 Å². The molecular weight excluding hydrogens is 308 g/mol. The minimum atomic E-state index is -0.0660. The Kier molecular flexibility index (Phi) is 4.37. The topological polar surface area (TPSA) is 26.3 Å².